The number of hydrogen-bond donors (Lipinski definition) is 1. The molecule has 2 aromatic rings. The van der Waals surface area contributed by atoms with Crippen molar-refractivity contribution in [3.8, 4) is 11.5 Å². The zero-order valence-electron chi connectivity index (χ0n) is 13.8. The van der Waals surface area contributed by atoms with Gasteiger partial charge >= 0.3 is 13.5 Å². The van der Waals surface area contributed by atoms with Gasteiger partial charge in [0, 0.05) is 0 Å². The van der Waals surface area contributed by atoms with Crippen molar-refractivity contribution < 1.29 is 62.6 Å². The second kappa shape index (κ2) is 8.05. The molecule has 2 rings (SSSR count). The van der Waals surface area contributed by atoms with E-state index in [1.165, 1.54) is 0 Å². The molecule has 0 aliphatic rings. The van der Waals surface area contributed by atoms with E-state index >= 15 is 0 Å². The maximum Gasteiger partial charge on any atom is 0.785 e. The SMILES string of the molecule is C=Cc1c(F)c(F)c(OB(O)Oc2c(F)c(F)c(C(F)(F)F)c(F)c2F)c(F)c1F. The predicted octanol–water partition coefficient (Wildman–Crippen LogP) is 4.90. The largest absolute Gasteiger partial charge is 0.785 e. The summed E-state index contributed by atoms with van der Waals surface area (Å²) in [4.78, 5) is 0. The average Bonchev–Trinajstić information content (AvgIpc) is 2.65. The molecule has 0 saturated heterocycles. The molecular weight excluding hydrogens is 448 g/mol. The van der Waals surface area contributed by atoms with E-state index in [-0.39, 0.29) is 0 Å². The monoisotopic (exact) mass is 452 g/mol. The summed E-state index contributed by atoms with van der Waals surface area (Å²) >= 11 is 0. The van der Waals surface area contributed by atoms with E-state index in [0.29, 0.717) is 6.08 Å². The molecule has 0 saturated carbocycles. The van der Waals surface area contributed by atoms with E-state index in [9.17, 15) is 53.3 Å². The van der Waals surface area contributed by atoms with Gasteiger partial charge in [0.05, 0.1) is 5.56 Å². The smallest absolute Gasteiger partial charge is 0.496 e. The minimum absolute atomic E-state index is 0.367. The zero-order chi connectivity index (χ0) is 23.1. The second-order valence-corrected chi connectivity index (χ2v) is 5.20. The van der Waals surface area contributed by atoms with Gasteiger partial charge in [0.25, 0.3) is 0 Å². The van der Waals surface area contributed by atoms with Crippen molar-refractivity contribution in [2.75, 3.05) is 0 Å². The van der Waals surface area contributed by atoms with Gasteiger partial charge in [-0.1, -0.05) is 12.7 Å². The van der Waals surface area contributed by atoms with E-state index < -0.39 is 82.7 Å². The van der Waals surface area contributed by atoms with Crippen LogP contribution in [0.15, 0.2) is 6.58 Å². The summed E-state index contributed by atoms with van der Waals surface area (Å²) < 4.78 is 154. The van der Waals surface area contributed by atoms with Crippen LogP contribution in [0.5, 0.6) is 11.5 Å². The Hall–Kier alpha value is -2.97. The van der Waals surface area contributed by atoms with Crippen molar-refractivity contribution in [3.05, 3.63) is 64.2 Å². The molecule has 0 heterocycles. The molecule has 0 unspecified atom stereocenters. The third-order valence-electron chi connectivity index (χ3n) is 3.41. The van der Waals surface area contributed by atoms with Crippen LogP contribution < -0.4 is 9.31 Å². The molecule has 30 heavy (non-hydrogen) atoms. The summed E-state index contributed by atoms with van der Waals surface area (Å²) in [7, 11) is -3.30. The molecule has 0 aromatic heterocycles. The summed E-state index contributed by atoms with van der Waals surface area (Å²) in [6.45, 7) is 2.88. The molecule has 162 valence electrons. The first kappa shape index (κ1) is 23.3. The Balaban J connectivity index is 2.46. The van der Waals surface area contributed by atoms with Gasteiger partial charge in [-0.05, 0) is 0 Å². The molecule has 0 aliphatic heterocycles. The molecule has 0 atom stereocenters. The van der Waals surface area contributed by atoms with Gasteiger partial charge in [-0.3, -0.25) is 0 Å². The highest BCUT2D eigenvalue weighted by Crippen LogP contribution is 2.39. The van der Waals surface area contributed by atoms with Crippen LogP contribution in [0, 0.1) is 46.5 Å². The van der Waals surface area contributed by atoms with Crippen LogP contribution >= 0.6 is 0 Å². The minimum atomic E-state index is -5.88. The van der Waals surface area contributed by atoms with Crippen molar-refractivity contribution in [3.63, 3.8) is 0 Å². The maximum absolute atomic E-state index is 13.7. The summed E-state index contributed by atoms with van der Waals surface area (Å²) in [5.41, 5.74) is -4.27. The quantitative estimate of drug-likeness (QED) is 0.399. The third kappa shape index (κ3) is 3.88. The van der Waals surface area contributed by atoms with Crippen molar-refractivity contribution in [2.45, 2.75) is 6.18 Å². The van der Waals surface area contributed by atoms with E-state index in [2.05, 4.69) is 15.9 Å². The van der Waals surface area contributed by atoms with Crippen LogP contribution in [-0.4, -0.2) is 12.3 Å². The van der Waals surface area contributed by atoms with Gasteiger partial charge in [0.2, 0.25) is 23.3 Å². The van der Waals surface area contributed by atoms with Gasteiger partial charge in [0.1, 0.15) is 5.56 Å². The number of rotatable bonds is 5. The van der Waals surface area contributed by atoms with E-state index in [0.717, 1.165) is 0 Å². The van der Waals surface area contributed by atoms with Crippen molar-refractivity contribution in [1.82, 2.24) is 0 Å². The lowest BCUT2D eigenvalue weighted by atomic mass is 10.1. The van der Waals surface area contributed by atoms with Crippen LogP contribution in [0.4, 0.5) is 48.3 Å². The lowest BCUT2D eigenvalue weighted by Gasteiger charge is -2.17. The first-order chi connectivity index (χ1) is 13.7. The van der Waals surface area contributed by atoms with Gasteiger partial charge < -0.3 is 14.3 Å². The number of alkyl halides is 3. The standard InChI is InChI=1S/C15H4BF11O3/c1-2-3-5(17)9(21)13(10(22)6(3)18)29-16(28)30-14-11(23)7(19)4(15(25,26)27)8(20)12(14)24/h2,28H,1H2. The fourth-order valence-electron chi connectivity index (χ4n) is 2.10. The van der Waals surface area contributed by atoms with Crippen LogP contribution in [0.25, 0.3) is 6.08 Å². The first-order valence-corrected chi connectivity index (χ1v) is 7.16. The summed E-state index contributed by atoms with van der Waals surface area (Å²) in [6.07, 6.45) is -5.51. The predicted molar refractivity (Wildman–Crippen MR) is 76.9 cm³/mol. The molecule has 2 aromatic carbocycles. The number of benzene rings is 2. The first-order valence-electron chi connectivity index (χ1n) is 7.16. The molecule has 0 spiro atoms. The summed E-state index contributed by atoms with van der Waals surface area (Å²) in [5, 5.41) is 9.33. The van der Waals surface area contributed by atoms with E-state index in [1.54, 1.807) is 0 Å². The second-order valence-electron chi connectivity index (χ2n) is 5.20. The Kier molecular flexibility index (Phi) is 6.25. The maximum atomic E-state index is 13.7. The highest BCUT2D eigenvalue weighted by molar-refractivity contribution is 6.36. The van der Waals surface area contributed by atoms with Crippen LogP contribution in [0.1, 0.15) is 11.1 Å². The summed E-state index contributed by atoms with van der Waals surface area (Å²) in [6, 6.07) is 0. The Labute approximate surface area is 159 Å². The van der Waals surface area contributed by atoms with Crippen molar-refractivity contribution >= 4 is 13.4 Å². The van der Waals surface area contributed by atoms with Gasteiger partial charge in [-0.15, -0.1) is 0 Å². The van der Waals surface area contributed by atoms with Gasteiger partial charge in [-0.2, -0.15) is 30.7 Å². The molecule has 0 aliphatic carbocycles. The highest BCUT2D eigenvalue weighted by atomic mass is 19.4. The van der Waals surface area contributed by atoms with Crippen molar-refractivity contribution in [2.24, 2.45) is 0 Å². The Morgan fingerprint density at radius 2 is 1.00 bits per heavy atom. The molecule has 1 N–H and O–H groups in total. The minimum Gasteiger partial charge on any atom is -0.496 e. The molecule has 0 amide bonds. The van der Waals surface area contributed by atoms with Crippen LogP contribution in [-0.2, 0) is 6.18 Å². The fraction of sp³-hybridized carbons (Fsp3) is 0.0667. The Morgan fingerprint density at radius 3 is 1.30 bits per heavy atom. The normalized spacial score (nSPS) is 11.5. The lowest BCUT2D eigenvalue weighted by Crippen LogP contribution is -2.32. The fourth-order valence-corrected chi connectivity index (χ4v) is 2.10. The van der Waals surface area contributed by atoms with E-state index in [4.69, 9.17) is 0 Å². The number of hydrogen-bond acceptors (Lipinski definition) is 3. The van der Waals surface area contributed by atoms with Crippen molar-refractivity contribution in [1.29, 1.82) is 0 Å². The average molecular weight is 452 g/mol. The van der Waals surface area contributed by atoms with Gasteiger partial charge in [-0.25, -0.2) is 17.6 Å². The topological polar surface area (TPSA) is 38.7 Å². The lowest BCUT2D eigenvalue weighted by molar-refractivity contribution is -0.143. The molecule has 0 fully saturated rings. The van der Waals surface area contributed by atoms with Gasteiger partial charge in [0.15, 0.2) is 34.8 Å². The van der Waals surface area contributed by atoms with E-state index in [1.807, 2.05) is 0 Å². The highest BCUT2D eigenvalue weighted by Gasteiger charge is 2.44. The molecule has 0 radical (unpaired) electrons. The van der Waals surface area contributed by atoms with Crippen LogP contribution in [0.2, 0.25) is 0 Å². The summed E-state index contributed by atoms with van der Waals surface area (Å²) in [5.74, 6) is -24.6. The number of halogens is 11. The molecule has 0 bridgehead atoms. The van der Waals surface area contributed by atoms with Crippen LogP contribution in [0.3, 0.4) is 0 Å². The molecule has 3 nitrogen and oxygen atoms in total. The zero-order valence-corrected chi connectivity index (χ0v) is 13.8. The Bertz CT molecular complexity index is 964. The molecule has 15 heteroatoms. The molecular formula is C15H4BF11O3. The Morgan fingerprint density at radius 1 is 0.667 bits per heavy atom. The third-order valence-corrected chi connectivity index (χ3v) is 3.41.